The van der Waals surface area contributed by atoms with E-state index >= 15 is 0 Å². The molecule has 2 fully saturated rings. The van der Waals surface area contributed by atoms with Crippen LogP contribution in [0.25, 0.3) is 10.9 Å². The molecule has 2 heterocycles. The Bertz CT molecular complexity index is 1270. The molecular weight excluding hydrogens is 481 g/mol. The Labute approximate surface area is 214 Å². The number of nitrogens with one attached hydrogen (secondary N) is 2. The van der Waals surface area contributed by atoms with E-state index in [9.17, 15) is 9.18 Å². The van der Waals surface area contributed by atoms with Gasteiger partial charge in [-0.05, 0) is 69.0 Å². The van der Waals surface area contributed by atoms with Gasteiger partial charge in [0.2, 0.25) is 11.9 Å². The van der Waals surface area contributed by atoms with Gasteiger partial charge in [0.25, 0.3) is 0 Å². The maximum atomic E-state index is 13.5. The highest BCUT2D eigenvalue weighted by Crippen LogP contribution is 2.34. The van der Waals surface area contributed by atoms with E-state index in [0.29, 0.717) is 41.1 Å². The minimum Gasteiger partial charge on any atom is -0.491 e. The van der Waals surface area contributed by atoms with Gasteiger partial charge < -0.3 is 15.4 Å². The third-order valence-corrected chi connectivity index (χ3v) is 6.66. The standard InChI is InChI=1S/C27H29ClFN5O2/c28-21-14-20(8-9-22(21)29)31-27-30-16-19-13-24(25(15-23(19)33-27)36-17-18-6-7-18)32-26(35)5-4-12-34-10-2-1-3-11-34/h4-5,8-9,13-16,18H,1-3,6-7,10-12,17H2,(H,32,35)(H,30,31,33). The number of ether oxygens (including phenoxy) is 1. The fourth-order valence-electron chi connectivity index (χ4n) is 4.16. The van der Waals surface area contributed by atoms with E-state index in [1.807, 2.05) is 18.2 Å². The third kappa shape index (κ3) is 6.50. The molecule has 2 aliphatic rings. The van der Waals surface area contributed by atoms with Crippen molar-refractivity contribution in [2.24, 2.45) is 5.92 Å². The Kier molecular flexibility index (Phi) is 7.63. The summed E-state index contributed by atoms with van der Waals surface area (Å²) in [6.45, 7) is 3.55. The van der Waals surface area contributed by atoms with Crippen molar-refractivity contribution in [1.82, 2.24) is 14.9 Å². The molecule has 0 atom stereocenters. The van der Waals surface area contributed by atoms with E-state index in [-0.39, 0.29) is 10.9 Å². The number of carbonyl (C=O) groups excluding carboxylic acids is 1. The third-order valence-electron chi connectivity index (χ3n) is 6.37. The topological polar surface area (TPSA) is 79.4 Å². The number of benzene rings is 2. The Morgan fingerprint density at radius 3 is 2.81 bits per heavy atom. The molecule has 2 N–H and O–H groups in total. The summed E-state index contributed by atoms with van der Waals surface area (Å²) in [5.41, 5.74) is 1.82. The molecule has 1 aliphatic heterocycles. The van der Waals surface area contributed by atoms with Crippen LogP contribution < -0.4 is 15.4 Å². The van der Waals surface area contributed by atoms with E-state index in [1.165, 1.54) is 31.4 Å². The highest BCUT2D eigenvalue weighted by Gasteiger charge is 2.23. The lowest BCUT2D eigenvalue weighted by Gasteiger charge is -2.24. The highest BCUT2D eigenvalue weighted by atomic mass is 35.5. The summed E-state index contributed by atoms with van der Waals surface area (Å²) in [7, 11) is 0. The van der Waals surface area contributed by atoms with Gasteiger partial charge in [0, 0.05) is 36.0 Å². The zero-order chi connectivity index (χ0) is 24.9. The number of carbonyl (C=O) groups is 1. The van der Waals surface area contributed by atoms with Gasteiger partial charge in [-0.15, -0.1) is 0 Å². The highest BCUT2D eigenvalue weighted by molar-refractivity contribution is 6.31. The lowest BCUT2D eigenvalue weighted by atomic mass is 10.1. The van der Waals surface area contributed by atoms with E-state index < -0.39 is 5.82 Å². The number of hydrogen-bond donors (Lipinski definition) is 2. The Hall–Kier alpha value is -3.23. The first kappa shape index (κ1) is 24.5. The molecular formula is C27H29ClFN5O2. The van der Waals surface area contributed by atoms with E-state index in [1.54, 1.807) is 18.3 Å². The normalized spacial score (nSPS) is 16.4. The molecule has 1 amide bonds. The van der Waals surface area contributed by atoms with Crippen LogP contribution in [0.5, 0.6) is 5.75 Å². The lowest BCUT2D eigenvalue weighted by molar-refractivity contribution is -0.111. The summed E-state index contributed by atoms with van der Waals surface area (Å²) in [5, 5.41) is 6.77. The number of fused-ring (bicyclic) bond motifs is 1. The van der Waals surface area contributed by atoms with Crippen molar-refractivity contribution in [2.75, 3.05) is 36.9 Å². The molecule has 2 aromatic carbocycles. The Morgan fingerprint density at radius 1 is 1.19 bits per heavy atom. The first-order valence-electron chi connectivity index (χ1n) is 12.4. The van der Waals surface area contributed by atoms with Crippen molar-refractivity contribution in [3.05, 3.63) is 59.5 Å². The molecule has 0 unspecified atom stereocenters. The number of halogens is 2. The predicted octanol–water partition coefficient (Wildman–Crippen LogP) is 5.94. The summed E-state index contributed by atoms with van der Waals surface area (Å²) >= 11 is 5.88. The quantitative estimate of drug-likeness (QED) is 0.348. The second-order valence-corrected chi connectivity index (χ2v) is 9.77. The van der Waals surface area contributed by atoms with Crippen molar-refractivity contribution >= 4 is 45.7 Å². The molecule has 5 rings (SSSR count). The largest absolute Gasteiger partial charge is 0.491 e. The lowest BCUT2D eigenvalue weighted by Crippen LogP contribution is -2.29. The molecule has 1 saturated carbocycles. The summed E-state index contributed by atoms with van der Waals surface area (Å²) in [6.07, 6.45) is 11.2. The first-order valence-corrected chi connectivity index (χ1v) is 12.8. The van der Waals surface area contributed by atoms with Gasteiger partial charge >= 0.3 is 0 Å². The van der Waals surface area contributed by atoms with Crippen molar-refractivity contribution < 1.29 is 13.9 Å². The van der Waals surface area contributed by atoms with Crippen LogP contribution in [0.1, 0.15) is 32.1 Å². The van der Waals surface area contributed by atoms with E-state index in [0.717, 1.165) is 37.9 Å². The van der Waals surface area contributed by atoms with Gasteiger partial charge in [0.15, 0.2) is 0 Å². The SMILES string of the molecule is O=C(C=CCN1CCCCC1)Nc1cc2cnc(Nc3ccc(F)c(Cl)c3)nc2cc1OCC1CC1. The number of hydrogen-bond acceptors (Lipinski definition) is 6. The monoisotopic (exact) mass is 509 g/mol. The number of aromatic nitrogens is 2. The van der Waals surface area contributed by atoms with E-state index in [4.69, 9.17) is 16.3 Å². The van der Waals surface area contributed by atoms with Gasteiger partial charge in [-0.3, -0.25) is 9.69 Å². The molecule has 7 nitrogen and oxygen atoms in total. The van der Waals surface area contributed by atoms with Gasteiger partial charge in [0.05, 0.1) is 22.8 Å². The zero-order valence-corrected chi connectivity index (χ0v) is 20.7. The minimum atomic E-state index is -0.491. The van der Waals surface area contributed by atoms with Crippen LogP contribution in [-0.2, 0) is 4.79 Å². The number of amides is 1. The van der Waals surface area contributed by atoms with Crippen molar-refractivity contribution in [2.45, 2.75) is 32.1 Å². The smallest absolute Gasteiger partial charge is 0.248 e. The van der Waals surface area contributed by atoms with Crippen LogP contribution in [0.15, 0.2) is 48.7 Å². The first-order chi connectivity index (χ1) is 17.5. The van der Waals surface area contributed by atoms with Crippen LogP contribution in [0.4, 0.5) is 21.7 Å². The summed E-state index contributed by atoms with van der Waals surface area (Å²) < 4.78 is 19.5. The number of nitrogens with zero attached hydrogens (tertiary/aromatic N) is 3. The average Bonchev–Trinajstić information content (AvgIpc) is 3.70. The molecule has 1 aromatic heterocycles. The van der Waals surface area contributed by atoms with Crippen LogP contribution in [0.2, 0.25) is 5.02 Å². The second-order valence-electron chi connectivity index (χ2n) is 9.36. The molecule has 9 heteroatoms. The molecule has 188 valence electrons. The van der Waals surface area contributed by atoms with Crippen molar-refractivity contribution in [3.8, 4) is 5.75 Å². The van der Waals surface area contributed by atoms with Crippen molar-refractivity contribution in [3.63, 3.8) is 0 Å². The summed E-state index contributed by atoms with van der Waals surface area (Å²) in [5.74, 6) is 0.780. The predicted molar refractivity (Wildman–Crippen MR) is 141 cm³/mol. The fourth-order valence-corrected chi connectivity index (χ4v) is 4.34. The fraction of sp³-hybridized carbons (Fsp3) is 0.370. The van der Waals surface area contributed by atoms with Crippen molar-refractivity contribution in [1.29, 1.82) is 0 Å². The van der Waals surface area contributed by atoms with Gasteiger partial charge in [-0.1, -0.05) is 24.1 Å². The number of anilines is 3. The molecule has 0 spiro atoms. The number of piperidine rings is 1. The van der Waals surface area contributed by atoms with Crippen LogP contribution in [0, 0.1) is 11.7 Å². The zero-order valence-electron chi connectivity index (χ0n) is 20.0. The Morgan fingerprint density at radius 2 is 2.03 bits per heavy atom. The van der Waals surface area contributed by atoms with Crippen LogP contribution >= 0.6 is 11.6 Å². The van der Waals surface area contributed by atoms with E-state index in [2.05, 4.69) is 25.5 Å². The molecule has 1 saturated heterocycles. The summed E-state index contributed by atoms with van der Waals surface area (Å²) in [6, 6.07) is 7.97. The number of rotatable bonds is 9. The minimum absolute atomic E-state index is 0.0157. The average molecular weight is 510 g/mol. The summed E-state index contributed by atoms with van der Waals surface area (Å²) in [4.78, 5) is 23.9. The van der Waals surface area contributed by atoms with Gasteiger partial charge in [0.1, 0.15) is 11.6 Å². The molecule has 1 aliphatic carbocycles. The molecule has 3 aromatic rings. The second kappa shape index (κ2) is 11.2. The maximum Gasteiger partial charge on any atom is 0.248 e. The Balaban J connectivity index is 1.32. The van der Waals surface area contributed by atoms with Crippen LogP contribution in [0.3, 0.4) is 0 Å². The maximum absolute atomic E-state index is 13.5. The van der Waals surface area contributed by atoms with Gasteiger partial charge in [-0.25, -0.2) is 14.4 Å². The van der Waals surface area contributed by atoms with Crippen LogP contribution in [-0.4, -0.2) is 47.0 Å². The van der Waals surface area contributed by atoms with Gasteiger partial charge in [-0.2, -0.15) is 0 Å². The number of likely N-dealkylation sites (tertiary alicyclic amines) is 1. The molecule has 36 heavy (non-hydrogen) atoms. The molecule has 0 radical (unpaired) electrons. The molecule has 0 bridgehead atoms.